The van der Waals surface area contributed by atoms with E-state index in [-0.39, 0.29) is 11.4 Å². The summed E-state index contributed by atoms with van der Waals surface area (Å²) in [6, 6.07) is 0. The lowest BCUT2D eigenvalue weighted by Crippen LogP contribution is -2.42. The van der Waals surface area contributed by atoms with E-state index in [9.17, 15) is 0 Å². The van der Waals surface area contributed by atoms with Gasteiger partial charge >= 0.3 is 0 Å². The molecule has 0 saturated carbocycles. The Morgan fingerprint density at radius 2 is 2.42 bits per heavy atom. The van der Waals surface area contributed by atoms with Crippen LogP contribution in [0.5, 0.6) is 0 Å². The number of hydrogen-bond acceptors (Lipinski definition) is 4. The summed E-state index contributed by atoms with van der Waals surface area (Å²) in [7, 11) is 0. The van der Waals surface area contributed by atoms with Gasteiger partial charge in [0.25, 0.3) is 0 Å². The van der Waals surface area contributed by atoms with Crippen LogP contribution in [-0.2, 0) is 0 Å². The van der Waals surface area contributed by atoms with E-state index in [0.29, 0.717) is 0 Å². The van der Waals surface area contributed by atoms with Gasteiger partial charge < -0.3 is 10.0 Å². The van der Waals surface area contributed by atoms with Crippen molar-refractivity contribution in [1.82, 2.24) is 10.2 Å². The minimum atomic E-state index is -0.0270. The van der Waals surface area contributed by atoms with Crippen molar-refractivity contribution in [2.75, 3.05) is 13.1 Å². The molecule has 4 heteroatoms. The number of nitrogens with zero attached hydrogens (tertiary/aromatic N) is 2. The highest BCUT2D eigenvalue weighted by Crippen LogP contribution is 2.20. The smallest absolute Gasteiger partial charge is 0.201 e. The number of fused-ring (bicyclic) bond motifs is 1. The van der Waals surface area contributed by atoms with Crippen LogP contribution in [0, 0.1) is 0 Å². The first-order chi connectivity index (χ1) is 5.57. The monoisotopic (exact) mass is 167 g/mol. The third kappa shape index (κ3) is 1.13. The number of aliphatic hydroxyl groups excluding tert-OH is 1. The second kappa shape index (κ2) is 2.15. The van der Waals surface area contributed by atoms with Gasteiger partial charge in [0, 0.05) is 13.1 Å². The maximum Gasteiger partial charge on any atom is 0.201 e. The van der Waals surface area contributed by atoms with E-state index < -0.39 is 0 Å². The lowest BCUT2D eigenvalue weighted by Gasteiger charge is -2.24. The standard InChI is InChI=1S/C8H13N3O/c1-8(2)5-11-4-3-6(12)9-7(11)10-8/h3,12H,4-5H2,1-2H3,(H,9,10). The fourth-order valence-corrected chi connectivity index (χ4v) is 1.55. The van der Waals surface area contributed by atoms with Crippen LogP contribution in [0.25, 0.3) is 0 Å². The van der Waals surface area contributed by atoms with Gasteiger partial charge in [0.1, 0.15) is 0 Å². The molecule has 66 valence electrons. The van der Waals surface area contributed by atoms with Gasteiger partial charge in [-0.25, -0.2) is 4.99 Å². The first kappa shape index (κ1) is 7.46. The van der Waals surface area contributed by atoms with Crippen molar-refractivity contribution in [1.29, 1.82) is 0 Å². The second-order valence-corrected chi connectivity index (χ2v) is 3.84. The molecule has 4 nitrogen and oxygen atoms in total. The number of rotatable bonds is 0. The summed E-state index contributed by atoms with van der Waals surface area (Å²) in [5.41, 5.74) is -0.0270. The van der Waals surface area contributed by atoms with Crippen LogP contribution in [0.2, 0.25) is 0 Å². The molecule has 2 heterocycles. The van der Waals surface area contributed by atoms with E-state index in [1.807, 2.05) is 0 Å². The van der Waals surface area contributed by atoms with Crippen molar-refractivity contribution >= 4 is 5.96 Å². The molecule has 0 amide bonds. The Kier molecular flexibility index (Phi) is 1.34. The predicted octanol–water partition coefficient (Wildman–Crippen LogP) is 0.439. The van der Waals surface area contributed by atoms with Crippen LogP contribution >= 0.6 is 0 Å². The summed E-state index contributed by atoms with van der Waals surface area (Å²) in [6.45, 7) is 5.83. The zero-order chi connectivity index (χ0) is 8.77. The minimum absolute atomic E-state index is 0.0270. The van der Waals surface area contributed by atoms with Gasteiger partial charge in [0.2, 0.25) is 5.96 Å². The molecule has 0 saturated heterocycles. The Hall–Kier alpha value is -1.19. The zero-order valence-electron chi connectivity index (χ0n) is 7.33. The molecule has 2 N–H and O–H groups in total. The molecule has 12 heavy (non-hydrogen) atoms. The molecule has 2 aliphatic rings. The Balaban J connectivity index is 2.23. The maximum atomic E-state index is 9.17. The molecule has 0 unspecified atom stereocenters. The lowest BCUT2D eigenvalue weighted by atomic mass is 10.1. The molecule has 0 bridgehead atoms. The summed E-state index contributed by atoms with van der Waals surface area (Å²) in [6.07, 6.45) is 1.75. The normalized spacial score (nSPS) is 25.7. The number of hydrogen-bond donors (Lipinski definition) is 2. The molecular formula is C8H13N3O. The molecule has 0 aromatic rings. The van der Waals surface area contributed by atoms with Gasteiger partial charge in [0.05, 0.1) is 5.54 Å². The molecule has 0 spiro atoms. The maximum absolute atomic E-state index is 9.17. The second-order valence-electron chi connectivity index (χ2n) is 3.84. The Bertz CT molecular complexity index is 267. The number of aliphatic hydroxyl groups is 1. The van der Waals surface area contributed by atoms with Crippen LogP contribution in [0.1, 0.15) is 13.8 Å². The Morgan fingerprint density at radius 3 is 3.17 bits per heavy atom. The summed E-state index contributed by atoms with van der Waals surface area (Å²) >= 11 is 0. The Labute approximate surface area is 71.6 Å². The largest absolute Gasteiger partial charge is 0.495 e. The van der Waals surface area contributed by atoms with E-state index >= 15 is 0 Å². The van der Waals surface area contributed by atoms with Crippen LogP contribution in [0.3, 0.4) is 0 Å². The molecular weight excluding hydrogens is 154 g/mol. The number of guanidine groups is 1. The van der Waals surface area contributed by atoms with E-state index in [1.165, 1.54) is 0 Å². The third-order valence-corrected chi connectivity index (χ3v) is 2.03. The molecule has 0 fully saturated rings. The van der Waals surface area contributed by atoms with E-state index in [2.05, 4.69) is 29.1 Å². The van der Waals surface area contributed by atoms with Crippen LogP contribution < -0.4 is 5.32 Å². The molecule has 2 rings (SSSR count). The van der Waals surface area contributed by atoms with Gasteiger partial charge in [-0.15, -0.1) is 0 Å². The van der Waals surface area contributed by atoms with Crippen molar-refractivity contribution in [3.05, 3.63) is 12.0 Å². The molecule has 2 aliphatic heterocycles. The highest BCUT2D eigenvalue weighted by Gasteiger charge is 2.32. The van der Waals surface area contributed by atoms with Crippen molar-refractivity contribution in [3.63, 3.8) is 0 Å². The van der Waals surface area contributed by atoms with Crippen molar-refractivity contribution in [3.8, 4) is 0 Å². The SMILES string of the molecule is CC1(C)CN2CC=C(O)NC2=N1. The van der Waals surface area contributed by atoms with Gasteiger partial charge in [-0.1, -0.05) is 0 Å². The van der Waals surface area contributed by atoms with Crippen LogP contribution in [-0.4, -0.2) is 34.6 Å². The number of aliphatic imine (C=N–C) groups is 1. The van der Waals surface area contributed by atoms with Crippen LogP contribution in [0.15, 0.2) is 17.0 Å². The first-order valence-corrected chi connectivity index (χ1v) is 4.08. The molecule has 0 aliphatic carbocycles. The average Bonchev–Trinajstić information content (AvgIpc) is 2.21. The third-order valence-electron chi connectivity index (χ3n) is 2.03. The topological polar surface area (TPSA) is 47.9 Å². The predicted molar refractivity (Wildman–Crippen MR) is 46.9 cm³/mol. The average molecular weight is 167 g/mol. The molecule has 0 radical (unpaired) electrons. The minimum Gasteiger partial charge on any atom is -0.495 e. The molecule has 0 atom stereocenters. The van der Waals surface area contributed by atoms with Gasteiger partial charge in [-0.3, -0.25) is 5.32 Å². The van der Waals surface area contributed by atoms with E-state index in [4.69, 9.17) is 5.11 Å². The van der Waals surface area contributed by atoms with Crippen molar-refractivity contribution in [2.24, 2.45) is 4.99 Å². The highest BCUT2D eigenvalue weighted by atomic mass is 16.3. The first-order valence-electron chi connectivity index (χ1n) is 4.08. The lowest BCUT2D eigenvalue weighted by molar-refractivity contribution is 0.340. The highest BCUT2D eigenvalue weighted by molar-refractivity contribution is 5.84. The van der Waals surface area contributed by atoms with Gasteiger partial charge in [-0.05, 0) is 19.9 Å². The zero-order valence-corrected chi connectivity index (χ0v) is 7.33. The van der Waals surface area contributed by atoms with Crippen molar-refractivity contribution in [2.45, 2.75) is 19.4 Å². The summed E-state index contributed by atoms with van der Waals surface area (Å²) in [5, 5.41) is 12.0. The van der Waals surface area contributed by atoms with Gasteiger partial charge in [-0.2, -0.15) is 0 Å². The summed E-state index contributed by atoms with van der Waals surface area (Å²) in [5.74, 6) is 1.00. The quantitative estimate of drug-likeness (QED) is 0.550. The van der Waals surface area contributed by atoms with Crippen molar-refractivity contribution < 1.29 is 5.11 Å². The Morgan fingerprint density at radius 1 is 1.67 bits per heavy atom. The van der Waals surface area contributed by atoms with E-state index in [1.54, 1.807) is 6.08 Å². The van der Waals surface area contributed by atoms with E-state index in [0.717, 1.165) is 19.0 Å². The fraction of sp³-hybridized carbons (Fsp3) is 0.625. The molecule has 0 aromatic heterocycles. The van der Waals surface area contributed by atoms with Gasteiger partial charge in [0.15, 0.2) is 5.88 Å². The fourth-order valence-electron chi connectivity index (χ4n) is 1.55. The number of nitrogens with one attached hydrogen (secondary N) is 1. The summed E-state index contributed by atoms with van der Waals surface area (Å²) in [4.78, 5) is 6.53. The molecule has 0 aromatic carbocycles. The summed E-state index contributed by atoms with van der Waals surface area (Å²) < 4.78 is 0. The van der Waals surface area contributed by atoms with Crippen LogP contribution in [0.4, 0.5) is 0 Å².